The van der Waals surface area contributed by atoms with Gasteiger partial charge in [0, 0.05) is 0 Å². The average molecular weight is 266 g/mol. The summed E-state index contributed by atoms with van der Waals surface area (Å²) in [5.74, 6) is 0.620. The lowest BCUT2D eigenvalue weighted by Gasteiger charge is -2.22. The first kappa shape index (κ1) is 14.8. The van der Waals surface area contributed by atoms with E-state index in [1.165, 1.54) is 40.7 Å². The molecule has 1 unspecified atom stereocenters. The van der Waals surface area contributed by atoms with Crippen molar-refractivity contribution in [3.05, 3.63) is 58.7 Å². The lowest BCUT2D eigenvalue weighted by molar-refractivity contribution is 0.662. The Kier molecular flexibility index (Phi) is 4.65. The Bertz CT molecular complexity index is 579. The normalized spacial score (nSPS) is 12.4. The molecular weight excluding hydrogens is 240 g/mol. The minimum Gasteiger partial charge on any atom is -0.0654 e. The van der Waals surface area contributed by atoms with E-state index in [4.69, 9.17) is 0 Å². The summed E-state index contributed by atoms with van der Waals surface area (Å²) < 4.78 is 0. The highest BCUT2D eigenvalue weighted by atomic mass is 14.2. The van der Waals surface area contributed by atoms with Crippen molar-refractivity contribution in [3.63, 3.8) is 0 Å². The van der Waals surface area contributed by atoms with E-state index in [9.17, 15) is 0 Å². The van der Waals surface area contributed by atoms with E-state index < -0.39 is 0 Å². The van der Waals surface area contributed by atoms with Gasteiger partial charge >= 0.3 is 0 Å². The predicted octanol–water partition coefficient (Wildman–Crippen LogP) is 6.18. The predicted molar refractivity (Wildman–Crippen MR) is 89.4 cm³/mol. The maximum absolute atomic E-state index is 2.37. The van der Waals surface area contributed by atoms with Crippen LogP contribution in [0.3, 0.4) is 0 Å². The van der Waals surface area contributed by atoms with E-state index >= 15 is 0 Å². The van der Waals surface area contributed by atoms with Gasteiger partial charge in [0.1, 0.15) is 0 Å². The maximum Gasteiger partial charge on any atom is -0.0144 e. The van der Waals surface area contributed by atoms with E-state index in [0.29, 0.717) is 5.92 Å². The first-order valence-corrected chi connectivity index (χ1v) is 7.72. The van der Waals surface area contributed by atoms with Crippen molar-refractivity contribution in [2.45, 2.75) is 53.4 Å². The fourth-order valence-corrected chi connectivity index (χ4v) is 3.17. The summed E-state index contributed by atoms with van der Waals surface area (Å²) in [5, 5.41) is 0. The van der Waals surface area contributed by atoms with E-state index in [1.807, 2.05) is 0 Å². The molecule has 0 heteroatoms. The summed E-state index contributed by atoms with van der Waals surface area (Å²) in [6.07, 6.45) is 2.49. The van der Waals surface area contributed by atoms with Gasteiger partial charge in [-0.3, -0.25) is 0 Å². The fraction of sp³-hybridized carbons (Fsp3) is 0.400. The smallest absolute Gasteiger partial charge is 0.0144 e. The molecule has 1 atom stereocenters. The second kappa shape index (κ2) is 6.26. The largest absolute Gasteiger partial charge is 0.0654 e. The van der Waals surface area contributed by atoms with Crippen molar-refractivity contribution >= 4 is 0 Å². The van der Waals surface area contributed by atoms with Gasteiger partial charge in [-0.25, -0.2) is 0 Å². The summed E-state index contributed by atoms with van der Waals surface area (Å²) in [6.45, 7) is 11.4. The number of benzene rings is 2. The third-order valence-corrected chi connectivity index (χ3v) is 4.51. The van der Waals surface area contributed by atoms with E-state index in [-0.39, 0.29) is 0 Å². The van der Waals surface area contributed by atoms with Crippen LogP contribution in [0.25, 0.3) is 11.1 Å². The van der Waals surface area contributed by atoms with E-state index in [2.05, 4.69) is 71.0 Å². The van der Waals surface area contributed by atoms with E-state index in [0.717, 1.165) is 0 Å². The molecule has 20 heavy (non-hydrogen) atoms. The van der Waals surface area contributed by atoms with Gasteiger partial charge in [-0.05, 0) is 66.5 Å². The molecule has 2 aromatic carbocycles. The molecule has 0 saturated heterocycles. The van der Waals surface area contributed by atoms with Gasteiger partial charge in [-0.1, -0.05) is 56.7 Å². The molecule has 0 aromatic heterocycles. The Balaban J connectivity index is 2.66. The van der Waals surface area contributed by atoms with Crippen LogP contribution in [0.15, 0.2) is 36.4 Å². The summed E-state index contributed by atoms with van der Waals surface area (Å²) in [4.78, 5) is 0. The number of aryl methyl sites for hydroxylation is 1. The quantitative estimate of drug-likeness (QED) is 0.619. The summed E-state index contributed by atoms with van der Waals surface area (Å²) in [6, 6.07) is 13.2. The molecule has 0 aliphatic carbocycles. The van der Waals surface area contributed by atoms with Gasteiger partial charge in [-0.15, -0.1) is 0 Å². The van der Waals surface area contributed by atoms with Crippen LogP contribution in [0.4, 0.5) is 0 Å². The van der Waals surface area contributed by atoms with Crippen molar-refractivity contribution in [1.82, 2.24) is 0 Å². The first-order chi connectivity index (χ1) is 9.56. The van der Waals surface area contributed by atoms with Crippen LogP contribution in [0.2, 0.25) is 0 Å². The van der Waals surface area contributed by atoms with Gasteiger partial charge < -0.3 is 0 Å². The monoisotopic (exact) mass is 266 g/mol. The maximum atomic E-state index is 2.37. The molecular formula is C20H26. The Labute approximate surface area is 123 Å². The standard InChI is InChI=1S/C20H26/c1-6-10-14(2)20-17(5)16(4)15(3)13-19(20)18-11-8-7-9-12-18/h7-9,11-14H,6,10H2,1-5H3. The number of rotatable bonds is 4. The van der Waals surface area contributed by atoms with Crippen LogP contribution in [0, 0.1) is 20.8 Å². The summed E-state index contributed by atoms with van der Waals surface area (Å²) in [5.41, 5.74) is 8.63. The highest BCUT2D eigenvalue weighted by molar-refractivity contribution is 5.71. The third-order valence-electron chi connectivity index (χ3n) is 4.51. The molecule has 0 radical (unpaired) electrons. The topological polar surface area (TPSA) is 0 Å². The molecule has 0 N–H and O–H groups in total. The van der Waals surface area contributed by atoms with Crippen molar-refractivity contribution < 1.29 is 0 Å². The van der Waals surface area contributed by atoms with Crippen LogP contribution in [0.5, 0.6) is 0 Å². The van der Waals surface area contributed by atoms with Gasteiger partial charge in [0.15, 0.2) is 0 Å². The molecule has 0 spiro atoms. The average Bonchev–Trinajstić information content (AvgIpc) is 2.45. The molecule has 0 aliphatic heterocycles. The second-order valence-electron chi connectivity index (χ2n) is 5.96. The molecule has 0 nitrogen and oxygen atoms in total. The molecule has 106 valence electrons. The van der Waals surface area contributed by atoms with Crippen LogP contribution in [-0.2, 0) is 0 Å². The Hall–Kier alpha value is -1.56. The minimum absolute atomic E-state index is 0.620. The lowest BCUT2D eigenvalue weighted by atomic mass is 9.82. The zero-order valence-electron chi connectivity index (χ0n) is 13.5. The molecule has 2 aromatic rings. The van der Waals surface area contributed by atoms with Crippen LogP contribution >= 0.6 is 0 Å². The molecule has 0 aliphatic rings. The van der Waals surface area contributed by atoms with E-state index in [1.54, 1.807) is 5.56 Å². The van der Waals surface area contributed by atoms with Crippen LogP contribution in [0.1, 0.15) is 54.9 Å². The first-order valence-electron chi connectivity index (χ1n) is 7.72. The van der Waals surface area contributed by atoms with Gasteiger partial charge in [-0.2, -0.15) is 0 Å². The van der Waals surface area contributed by atoms with Crippen LogP contribution < -0.4 is 0 Å². The van der Waals surface area contributed by atoms with Crippen LogP contribution in [-0.4, -0.2) is 0 Å². The molecule has 0 heterocycles. The molecule has 0 saturated carbocycles. The Morgan fingerprint density at radius 3 is 2.20 bits per heavy atom. The summed E-state index contributed by atoms with van der Waals surface area (Å²) >= 11 is 0. The highest BCUT2D eigenvalue weighted by Crippen LogP contribution is 2.36. The zero-order valence-corrected chi connectivity index (χ0v) is 13.5. The number of hydrogen-bond acceptors (Lipinski definition) is 0. The van der Waals surface area contributed by atoms with Gasteiger partial charge in [0.2, 0.25) is 0 Å². The third kappa shape index (κ3) is 2.80. The highest BCUT2D eigenvalue weighted by Gasteiger charge is 2.17. The lowest BCUT2D eigenvalue weighted by Crippen LogP contribution is -2.03. The van der Waals surface area contributed by atoms with Crippen molar-refractivity contribution in [3.8, 4) is 11.1 Å². The Morgan fingerprint density at radius 1 is 0.950 bits per heavy atom. The SMILES string of the molecule is CCCC(C)c1c(-c2ccccc2)cc(C)c(C)c1C. The molecule has 2 rings (SSSR count). The molecule has 0 amide bonds. The molecule has 0 bridgehead atoms. The van der Waals surface area contributed by atoms with Gasteiger partial charge in [0.05, 0.1) is 0 Å². The zero-order chi connectivity index (χ0) is 14.7. The minimum atomic E-state index is 0.620. The van der Waals surface area contributed by atoms with Crippen molar-refractivity contribution in [2.75, 3.05) is 0 Å². The summed E-state index contributed by atoms with van der Waals surface area (Å²) in [7, 11) is 0. The van der Waals surface area contributed by atoms with Gasteiger partial charge in [0.25, 0.3) is 0 Å². The molecule has 0 fully saturated rings. The second-order valence-corrected chi connectivity index (χ2v) is 5.96. The number of hydrogen-bond donors (Lipinski definition) is 0. The van der Waals surface area contributed by atoms with Crippen molar-refractivity contribution in [1.29, 1.82) is 0 Å². The van der Waals surface area contributed by atoms with Crippen molar-refractivity contribution in [2.24, 2.45) is 0 Å². The fourth-order valence-electron chi connectivity index (χ4n) is 3.17. The Morgan fingerprint density at radius 2 is 1.60 bits per heavy atom.